The summed E-state index contributed by atoms with van der Waals surface area (Å²) in [4.78, 5) is -0.133. The summed E-state index contributed by atoms with van der Waals surface area (Å²) < 4.78 is 47.4. The Bertz CT molecular complexity index is 787. The minimum absolute atomic E-state index is 0.0362. The number of halogens is 1. The molecule has 0 fully saturated rings. The predicted octanol–water partition coefficient (Wildman–Crippen LogP) is 2.02. The van der Waals surface area contributed by atoms with Gasteiger partial charge in [-0.15, -0.1) is 0 Å². The van der Waals surface area contributed by atoms with Crippen LogP contribution in [0.4, 0.5) is 4.39 Å². The Labute approximate surface area is 135 Å². The highest BCUT2D eigenvalue weighted by molar-refractivity contribution is 7.89. The van der Waals surface area contributed by atoms with E-state index in [2.05, 4.69) is 9.82 Å². The van der Waals surface area contributed by atoms with Crippen LogP contribution in [0.5, 0.6) is 5.75 Å². The van der Waals surface area contributed by atoms with Crippen molar-refractivity contribution in [2.75, 3.05) is 13.2 Å². The summed E-state index contributed by atoms with van der Waals surface area (Å²) in [7, 11) is -3.78. The molecular formula is C15H20FN3O3S. The van der Waals surface area contributed by atoms with E-state index in [4.69, 9.17) is 4.74 Å². The summed E-state index contributed by atoms with van der Waals surface area (Å²) >= 11 is 0. The van der Waals surface area contributed by atoms with E-state index < -0.39 is 15.8 Å². The number of hydrogen-bond acceptors (Lipinski definition) is 4. The molecule has 0 aliphatic rings. The van der Waals surface area contributed by atoms with E-state index in [0.29, 0.717) is 13.2 Å². The van der Waals surface area contributed by atoms with Crippen molar-refractivity contribution < 1.29 is 17.5 Å². The van der Waals surface area contributed by atoms with Crippen LogP contribution in [0.1, 0.15) is 18.3 Å². The molecule has 1 aromatic heterocycles. The van der Waals surface area contributed by atoms with Crippen molar-refractivity contribution in [3.05, 3.63) is 41.5 Å². The second kappa shape index (κ2) is 7.10. The van der Waals surface area contributed by atoms with Crippen LogP contribution >= 0.6 is 0 Å². The topological polar surface area (TPSA) is 73.2 Å². The zero-order valence-electron chi connectivity index (χ0n) is 13.3. The SMILES string of the molecule is CCOc1ccc(S(=O)(=O)NCCn2nc(C)cc2C)cc1F. The summed E-state index contributed by atoms with van der Waals surface area (Å²) in [5.74, 6) is -0.664. The van der Waals surface area contributed by atoms with Gasteiger partial charge in [0.1, 0.15) is 0 Å². The molecule has 0 amide bonds. The molecular weight excluding hydrogens is 321 g/mol. The maximum absolute atomic E-state index is 13.8. The molecule has 0 radical (unpaired) electrons. The summed E-state index contributed by atoms with van der Waals surface area (Å²) in [6.07, 6.45) is 0. The number of aromatic nitrogens is 2. The average Bonchev–Trinajstić information content (AvgIpc) is 2.79. The molecule has 0 bridgehead atoms. The maximum atomic E-state index is 13.8. The second-order valence-corrected chi connectivity index (χ2v) is 6.84. The third-order valence-corrected chi connectivity index (χ3v) is 4.69. The Morgan fingerprint density at radius 3 is 2.61 bits per heavy atom. The first-order valence-electron chi connectivity index (χ1n) is 7.26. The van der Waals surface area contributed by atoms with Crippen LogP contribution in [0.15, 0.2) is 29.2 Å². The minimum atomic E-state index is -3.78. The standard InChI is InChI=1S/C15H20FN3O3S/c1-4-22-15-6-5-13(10-14(15)16)23(20,21)17-7-8-19-12(3)9-11(2)18-19/h5-6,9-10,17H,4,7-8H2,1-3H3. The molecule has 0 saturated heterocycles. The number of aryl methyl sites for hydroxylation is 2. The van der Waals surface area contributed by atoms with Gasteiger partial charge >= 0.3 is 0 Å². The first-order chi connectivity index (χ1) is 10.8. The van der Waals surface area contributed by atoms with Crippen molar-refractivity contribution in [2.45, 2.75) is 32.2 Å². The molecule has 1 heterocycles. The van der Waals surface area contributed by atoms with Crippen molar-refractivity contribution in [1.29, 1.82) is 0 Å². The zero-order valence-corrected chi connectivity index (χ0v) is 14.2. The van der Waals surface area contributed by atoms with E-state index >= 15 is 0 Å². The van der Waals surface area contributed by atoms with Crippen molar-refractivity contribution in [3.63, 3.8) is 0 Å². The van der Waals surface area contributed by atoms with Crippen molar-refractivity contribution >= 4 is 10.0 Å². The Morgan fingerprint density at radius 2 is 2.04 bits per heavy atom. The van der Waals surface area contributed by atoms with E-state index in [1.807, 2.05) is 19.9 Å². The molecule has 126 valence electrons. The molecule has 2 rings (SSSR count). The number of sulfonamides is 1. The van der Waals surface area contributed by atoms with Crippen LogP contribution in [0.2, 0.25) is 0 Å². The van der Waals surface area contributed by atoms with Gasteiger partial charge in [-0.2, -0.15) is 5.10 Å². The first-order valence-corrected chi connectivity index (χ1v) is 8.75. The van der Waals surface area contributed by atoms with E-state index in [1.165, 1.54) is 12.1 Å². The largest absolute Gasteiger partial charge is 0.491 e. The third-order valence-electron chi connectivity index (χ3n) is 3.23. The summed E-state index contributed by atoms with van der Waals surface area (Å²) in [6, 6.07) is 5.50. The monoisotopic (exact) mass is 341 g/mol. The van der Waals surface area contributed by atoms with Crippen LogP contribution in [0.3, 0.4) is 0 Å². The van der Waals surface area contributed by atoms with Crippen LogP contribution < -0.4 is 9.46 Å². The van der Waals surface area contributed by atoms with Gasteiger partial charge in [-0.05, 0) is 45.0 Å². The summed E-state index contributed by atoms with van der Waals surface area (Å²) in [5.41, 5.74) is 1.83. The van der Waals surface area contributed by atoms with Crippen LogP contribution in [0, 0.1) is 19.7 Å². The molecule has 0 saturated carbocycles. The molecule has 2 aromatic rings. The lowest BCUT2D eigenvalue weighted by atomic mass is 10.3. The van der Waals surface area contributed by atoms with Gasteiger partial charge in [0.05, 0.1) is 23.7 Å². The molecule has 8 heteroatoms. The van der Waals surface area contributed by atoms with Gasteiger partial charge in [0, 0.05) is 12.2 Å². The molecule has 23 heavy (non-hydrogen) atoms. The Kier molecular flexibility index (Phi) is 5.38. The van der Waals surface area contributed by atoms with E-state index in [-0.39, 0.29) is 17.2 Å². The highest BCUT2D eigenvalue weighted by Gasteiger charge is 2.16. The highest BCUT2D eigenvalue weighted by atomic mass is 32.2. The van der Waals surface area contributed by atoms with Gasteiger partial charge in [-0.3, -0.25) is 4.68 Å². The fourth-order valence-electron chi connectivity index (χ4n) is 2.19. The van der Waals surface area contributed by atoms with Crippen LogP contribution in [0.25, 0.3) is 0 Å². The number of hydrogen-bond donors (Lipinski definition) is 1. The third kappa shape index (κ3) is 4.29. The fourth-order valence-corrected chi connectivity index (χ4v) is 3.22. The minimum Gasteiger partial charge on any atom is -0.491 e. The second-order valence-electron chi connectivity index (χ2n) is 5.07. The van der Waals surface area contributed by atoms with Gasteiger partial charge in [0.2, 0.25) is 10.0 Å². The first kappa shape index (κ1) is 17.4. The van der Waals surface area contributed by atoms with Gasteiger partial charge < -0.3 is 4.74 Å². The highest BCUT2D eigenvalue weighted by Crippen LogP contribution is 2.20. The van der Waals surface area contributed by atoms with Gasteiger partial charge in [0.25, 0.3) is 0 Å². The average molecular weight is 341 g/mol. The Hall–Kier alpha value is -1.93. The number of nitrogens with zero attached hydrogens (tertiary/aromatic N) is 2. The number of nitrogens with one attached hydrogen (secondary N) is 1. The molecule has 1 aromatic carbocycles. The van der Waals surface area contributed by atoms with Crippen LogP contribution in [-0.4, -0.2) is 31.3 Å². The molecule has 0 spiro atoms. The number of ether oxygens (including phenoxy) is 1. The fraction of sp³-hybridized carbons (Fsp3) is 0.400. The predicted molar refractivity (Wildman–Crippen MR) is 84.5 cm³/mol. The van der Waals surface area contributed by atoms with Crippen LogP contribution in [-0.2, 0) is 16.6 Å². The lowest BCUT2D eigenvalue weighted by molar-refractivity contribution is 0.321. The molecule has 0 atom stereocenters. The quantitative estimate of drug-likeness (QED) is 0.836. The Balaban J connectivity index is 2.04. The molecule has 1 N–H and O–H groups in total. The number of rotatable bonds is 7. The van der Waals surface area contributed by atoms with Crippen molar-refractivity contribution in [2.24, 2.45) is 0 Å². The van der Waals surface area contributed by atoms with E-state index in [9.17, 15) is 12.8 Å². The van der Waals surface area contributed by atoms with Gasteiger partial charge in [-0.1, -0.05) is 0 Å². The summed E-state index contributed by atoms with van der Waals surface area (Å²) in [6.45, 7) is 6.37. The smallest absolute Gasteiger partial charge is 0.240 e. The van der Waals surface area contributed by atoms with Gasteiger partial charge in [0.15, 0.2) is 11.6 Å². The maximum Gasteiger partial charge on any atom is 0.240 e. The molecule has 0 aliphatic carbocycles. The van der Waals surface area contributed by atoms with E-state index in [1.54, 1.807) is 11.6 Å². The van der Waals surface area contributed by atoms with E-state index in [0.717, 1.165) is 17.5 Å². The lowest BCUT2D eigenvalue weighted by Crippen LogP contribution is -2.28. The normalized spacial score (nSPS) is 11.7. The molecule has 0 unspecified atom stereocenters. The van der Waals surface area contributed by atoms with Gasteiger partial charge in [-0.25, -0.2) is 17.5 Å². The molecule has 0 aliphatic heterocycles. The molecule has 6 nitrogen and oxygen atoms in total. The van der Waals surface area contributed by atoms with Crippen molar-refractivity contribution in [3.8, 4) is 5.75 Å². The van der Waals surface area contributed by atoms with Crippen molar-refractivity contribution in [1.82, 2.24) is 14.5 Å². The zero-order chi connectivity index (χ0) is 17.0. The summed E-state index contributed by atoms with van der Waals surface area (Å²) in [5, 5.41) is 4.25. The lowest BCUT2D eigenvalue weighted by Gasteiger charge is -2.10. The Morgan fingerprint density at radius 1 is 1.30 bits per heavy atom. The number of benzene rings is 1.